The van der Waals surface area contributed by atoms with Gasteiger partial charge in [-0.15, -0.1) is 24.0 Å². The number of guanidine groups is 1. The molecule has 0 spiro atoms. The van der Waals surface area contributed by atoms with Crippen molar-refractivity contribution in [3.05, 3.63) is 42.1 Å². The number of hydrogen-bond acceptors (Lipinski definition) is 4. The maximum absolute atomic E-state index is 12.5. The summed E-state index contributed by atoms with van der Waals surface area (Å²) in [5, 5.41) is 4.59. The topological polar surface area (TPSA) is 70.1 Å². The zero-order valence-corrected chi connectivity index (χ0v) is 19.0. The van der Waals surface area contributed by atoms with Crippen molar-refractivity contribution in [1.29, 1.82) is 0 Å². The number of rotatable bonds is 3. The van der Waals surface area contributed by atoms with E-state index in [1.54, 1.807) is 7.05 Å². The van der Waals surface area contributed by atoms with Crippen molar-refractivity contribution in [2.24, 2.45) is 4.99 Å². The second-order valence-electron chi connectivity index (χ2n) is 7.21. The zero-order chi connectivity index (χ0) is 19.3. The quantitative estimate of drug-likeness (QED) is 0.391. The molecule has 1 aromatic carbocycles. The Morgan fingerprint density at radius 3 is 2.69 bits per heavy atom. The maximum Gasteiger partial charge on any atom is 0.251 e. The standard InChI is InChI=1S/C21H27N5O2.HI/c1-22-21(24-15-17-6-2-5-16-7-3-9-23-19(16)17)26-12-10-25(11-13-26)20(27)18-8-4-14-28-18;/h2-3,5-7,9,18H,4,8,10-15H2,1H3,(H,22,24);1H. The minimum absolute atomic E-state index is 0. The molecule has 2 aromatic rings. The van der Waals surface area contributed by atoms with Crippen molar-refractivity contribution in [2.75, 3.05) is 39.8 Å². The molecule has 1 unspecified atom stereocenters. The van der Waals surface area contributed by atoms with Gasteiger partial charge in [0, 0.05) is 58.0 Å². The van der Waals surface area contributed by atoms with Gasteiger partial charge in [0.25, 0.3) is 5.91 Å². The highest BCUT2D eigenvalue weighted by atomic mass is 127. The van der Waals surface area contributed by atoms with E-state index < -0.39 is 0 Å². The second-order valence-corrected chi connectivity index (χ2v) is 7.21. The molecule has 3 heterocycles. The summed E-state index contributed by atoms with van der Waals surface area (Å²) in [5.74, 6) is 0.999. The van der Waals surface area contributed by atoms with E-state index in [9.17, 15) is 4.79 Å². The third kappa shape index (κ3) is 4.98. The van der Waals surface area contributed by atoms with Crippen molar-refractivity contribution in [1.82, 2.24) is 20.1 Å². The molecule has 8 heteroatoms. The number of aliphatic imine (C=N–C) groups is 1. The fourth-order valence-electron chi connectivity index (χ4n) is 3.93. The molecule has 1 atom stereocenters. The van der Waals surface area contributed by atoms with Crippen LogP contribution in [0.2, 0.25) is 0 Å². The van der Waals surface area contributed by atoms with E-state index in [2.05, 4.69) is 44.5 Å². The van der Waals surface area contributed by atoms with Crippen LogP contribution in [0.3, 0.4) is 0 Å². The van der Waals surface area contributed by atoms with E-state index in [0.29, 0.717) is 26.2 Å². The van der Waals surface area contributed by atoms with Crippen LogP contribution < -0.4 is 5.32 Å². The first kappa shape index (κ1) is 21.8. The summed E-state index contributed by atoms with van der Waals surface area (Å²) in [5.41, 5.74) is 2.16. The molecule has 156 valence electrons. The van der Waals surface area contributed by atoms with E-state index >= 15 is 0 Å². The molecule has 4 rings (SSSR count). The molecule has 2 aliphatic rings. The fourth-order valence-corrected chi connectivity index (χ4v) is 3.93. The molecule has 29 heavy (non-hydrogen) atoms. The number of ether oxygens (including phenoxy) is 1. The number of piperazine rings is 1. The lowest BCUT2D eigenvalue weighted by molar-refractivity contribution is -0.142. The largest absolute Gasteiger partial charge is 0.368 e. The molecule has 0 aliphatic carbocycles. The number of amides is 1. The van der Waals surface area contributed by atoms with Gasteiger partial charge in [0.05, 0.1) is 5.52 Å². The highest BCUT2D eigenvalue weighted by molar-refractivity contribution is 14.0. The molecule has 0 saturated carbocycles. The average Bonchev–Trinajstić information content (AvgIpc) is 3.29. The normalized spacial score (nSPS) is 19.9. The minimum atomic E-state index is -0.233. The first-order valence-corrected chi connectivity index (χ1v) is 9.95. The molecule has 0 radical (unpaired) electrons. The van der Waals surface area contributed by atoms with Crippen LogP contribution in [-0.2, 0) is 16.1 Å². The number of benzene rings is 1. The monoisotopic (exact) mass is 509 g/mol. The van der Waals surface area contributed by atoms with Crippen LogP contribution in [-0.4, -0.2) is 72.6 Å². The van der Waals surface area contributed by atoms with E-state index in [1.807, 2.05) is 17.2 Å². The Kier molecular flexibility index (Phi) is 7.65. The van der Waals surface area contributed by atoms with Gasteiger partial charge >= 0.3 is 0 Å². The van der Waals surface area contributed by atoms with Crippen LogP contribution in [0.4, 0.5) is 0 Å². The molecule has 0 bridgehead atoms. The Bertz CT molecular complexity index is 856. The fraction of sp³-hybridized carbons (Fsp3) is 0.476. The predicted molar refractivity (Wildman–Crippen MR) is 124 cm³/mol. The SMILES string of the molecule is CN=C(NCc1cccc2cccnc12)N1CCN(C(=O)C2CCCO2)CC1.I. The van der Waals surface area contributed by atoms with Gasteiger partial charge in [-0.25, -0.2) is 0 Å². The lowest BCUT2D eigenvalue weighted by Crippen LogP contribution is -2.55. The number of para-hydroxylation sites is 1. The van der Waals surface area contributed by atoms with Crippen LogP contribution in [0.25, 0.3) is 10.9 Å². The van der Waals surface area contributed by atoms with Gasteiger partial charge in [0.1, 0.15) is 6.10 Å². The van der Waals surface area contributed by atoms with Gasteiger partial charge in [0.15, 0.2) is 5.96 Å². The Labute approximate surface area is 188 Å². The van der Waals surface area contributed by atoms with Gasteiger partial charge in [-0.3, -0.25) is 14.8 Å². The first-order valence-electron chi connectivity index (χ1n) is 9.95. The first-order chi connectivity index (χ1) is 13.8. The van der Waals surface area contributed by atoms with Crippen molar-refractivity contribution in [2.45, 2.75) is 25.5 Å². The highest BCUT2D eigenvalue weighted by Gasteiger charge is 2.30. The Hall–Kier alpha value is -1.94. The number of hydrogen-bond donors (Lipinski definition) is 1. The molecule has 1 aromatic heterocycles. The number of carbonyl (C=O) groups excluding carboxylic acids is 1. The van der Waals surface area contributed by atoms with E-state index in [-0.39, 0.29) is 36.0 Å². The minimum Gasteiger partial charge on any atom is -0.368 e. The van der Waals surface area contributed by atoms with E-state index in [1.165, 1.54) is 0 Å². The molecule has 2 aliphatic heterocycles. The number of carbonyl (C=O) groups is 1. The maximum atomic E-state index is 12.5. The lowest BCUT2D eigenvalue weighted by Gasteiger charge is -2.37. The summed E-state index contributed by atoms with van der Waals surface area (Å²) in [7, 11) is 1.80. The molecule has 1 amide bonds. The molecule has 1 N–H and O–H groups in total. The van der Waals surface area contributed by atoms with Crippen molar-refractivity contribution in [3.8, 4) is 0 Å². The van der Waals surface area contributed by atoms with Crippen LogP contribution in [0.15, 0.2) is 41.5 Å². The van der Waals surface area contributed by atoms with Crippen molar-refractivity contribution in [3.63, 3.8) is 0 Å². The average molecular weight is 509 g/mol. The zero-order valence-electron chi connectivity index (χ0n) is 16.7. The number of aromatic nitrogens is 1. The van der Waals surface area contributed by atoms with Crippen molar-refractivity contribution >= 4 is 46.7 Å². The molecule has 2 fully saturated rings. The summed E-state index contributed by atoms with van der Waals surface area (Å²) < 4.78 is 5.54. The molecule has 7 nitrogen and oxygen atoms in total. The Balaban J connectivity index is 0.00000240. The van der Waals surface area contributed by atoms with Gasteiger partial charge < -0.3 is 19.9 Å². The number of pyridine rings is 1. The summed E-state index contributed by atoms with van der Waals surface area (Å²) in [6.45, 7) is 4.31. The van der Waals surface area contributed by atoms with Crippen LogP contribution in [0.5, 0.6) is 0 Å². The highest BCUT2D eigenvalue weighted by Crippen LogP contribution is 2.17. The summed E-state index contributed by atoms with van der Waals surface area (Å²) >= 11 is 0. The summed E-state index contributed by atoms with van der Waals surface area (Å²) in [4.78, 5) is 25.6. The molecular formula is C21H28IN5O2. The van der Waals surface area contributed by atoms with Crippen LogP contribution in [0.1, 0.15) is 18.4 Å². The van der Waals surface area contributed by atoms with Crippen LogP contribution in [0, 0.1) is 0 Å². The van der Waals surface area contributed by atoms with E-state index in [4.69, 9.17) is 4.74 Å². The van der Waals surface area contributed by atoms with Gasteiger partial charge in [-0.1, -0.05) is 24.3 Å². The third-order valence-corrected chi connectivity index (χ3v) is 5.46. The Morgan fingerprint density at radius 1 is 1.21 bits per heavy atom. The van der Waals surface area contributed by atoms with Gasteiger partial charge in [-0.05, 0) is 24.5 Å². The molecule has 2 saturated heterocycles. The number of nitrogens with one attached hydrogen (secondary N) is 1. The lowest BCUT2D eigenvalue weighted by atomic mass is 10.1. The Morgan fingerprint density at radius 2 is 1.97 bits per heavy atom. The second kappa shape index (κ2) is 10.2. The summed E-state index contributed by atoms with van der Waals surface area (Å²) in [6, 6.07) is 10.2. The van der Waals surface area contributed by atoms with E-state index in [0.717, 1.165) is 48.4 Å². The predicted octanol–water partition coefficient (Wildman–Crippen LogP) is 2.25. The number of halogens is 1. The summed E-state index contributed by atoms with van der Waals surface area (Å²) in [6.07, 6.45) is 3.42. The van der Waals surface area contributed by atoms with Gasteiger partial charge in [-0.2, -0.15) is 0 Å². The molecular weight excluding hydrogens is 481 g/mol. The number of nitrogens with zero attached hydrogens (tertiary/aromatic N) is 4. The van der Waals surface area contributed by atoms with Gasteiger partial charge in [0.2, 0.25) is 0 Å². The number of fused-ring (bicyclic) bond motifs is 1. The van der Waals surface area contributed by atoms with Crippen molar-refractivity contribution < 1.29 is 9.53 Å². The van der Waals surface area contributed by atoms with Crippen LogP contribution >= 0.6 is 24.0 Å². The smallest absolute Gasteiger partial charge is 0.251 e. The third-order valence-electron chi connectivity index (χ3n) is 5.46.